The van der Waals surface area contributed by atoms with Gasteiger partial charge in [0, 0.05) is 24.8 Å². The summed E-state index contributed by atoms with van der Waals surface area (Å²) in [7, 11) is 4.33. The Balaban J connectivity index is 1.63. The fraction of sp³-hybridized carbons (Fsp3) is 0.320. The Morgan fingerprint density at radius 3 is 2.41 bits per heavy atom. The molecule has 8 nitrogen and oxygen atoms in total. The van der Waals surface area contributed by atoms with E-state index in [1.54, 1.807) is 35.2 Å². The molecule has 0 saturated heterocycles. The van der Waals surface area contributed by atoms with Crippen LogP contribution in [0.1, 0.15) is 38.8 Å². The first-order valence-corrected chi connectivity index (χ1v) is 11.6. The smallest absolute Gasteiger partial charge is 0.435 e. The highest BCUT2D eigenvalue weighted by Gasteiger charge is 2.39. The molecule has 1 aliphatic heterocycles. The topological polar surface area (TPSA) is 85.7 Å². The molecular formula is C25H24ClF3N4O4. The van der Waals surface area contributed by atoms with Gasteiger partial charge < -0.3 is 19.7 Å². The van der Waals surface area contributed by atoms with Crippen LogP contribution in [0.2, 0.25) is 5.02 Å². The molecule has 3 aromatic rings. The first-order chi connectivity index (χ1) is 17.5. The summed E-state index contributed by atoms with van der Waals surface area (Å²) in [6.45, 7) is -0.192. The molecule has 0 fully saturated rings. The standard InChI is InChI=1S/C25H24ClF3N4O4/c1-32-13-18(23(31-32)25(27,28)29)24(35)30-12-21(34)33-9-8-15-10-19(36-2)20(37-3)11-17(15)22(33)14-4-6-16(26)7-5-14/h4-7,10-11,13,22H,8-9,12H2,1-3H3,(H,30,35). The molecule has 196 valence electrons. The van der Waals surface area contributed by atoms with Gasteiger partial charge in [0.2, 0.25) is 5.91 Å². The zero-order valence-electron chi connectivity index (χ0n) is 20.2. The fourth-order valence-corrected chi connectivity index (χ4v) is 4.56. The van der Waals surface area contributed by atoms with Crippen molar-refractivity contribution in [1.29, 1.82) is 0 Å². The van der Waals surface area contributed by atoms with E-state index in [2.05, 4.69) is 10.4 Å². The monoisotopic (exact) mass is 536 g/mol. The zero-order chi connectivity index (χ0) is 26.9. The van der Waals surface area contributed by atoms with E-state index in [4.69, 9.17) is 21.1 Å². The van der Waals surface area contributed by atoms with E-state index >= 15 is 0 Å². The molecule has 0 radical (unpaired) electrons. The third-order valence-electron chi connectivity index (χ3n) is 6.12. The number of carbonyl (C=O) groups excluding carboxylic acids is 2. The van der Waals surface area contributed by atoms with Crippen molar-refractivity contribution in [2.75, 3.05) is 27.3 Å². The number of rotatable bonds is 6. The number of benzene rings is 2. The van der Waals surface area contributed by atoms with Crippen molar-refractivity contribution in [3.63, 3.8) is 0 Å². The van der Waals surface area contributed by atoms with Gasteiger partial charge in [0.25, 0.3) is 5.91 Å². The summed E-state index contributed by atoms with van der Waals surface area (Å²) in [6.07, 6.45) is -3.34. The molecule has 2 heterocycles. The van der Waals surface area contributed by atoms with Crippen LogP contribution in [0.4, 0.5) is 13.2 Å². The minimum atomic E-state index is -4.81. The number of carbonyl (C=O) groups is 2. The summed E-state index contributed by atoms with van der Waals surface area (Å²) in [5, 5.41) is 6.18. The zero-order valence-corrected chi connectivity index (χ0v) is 21.0. The van der Waals surface area contributed by atoms with Gasteiger partial charge in [-0.2, -0.15) is 18.3 Å². The summed E-state index contributed by atoms with van der Waals surface area (Å²) < 4.78 is 51.6. The van der Waals surface area contributed by atoms with Gasteiger partial charge in [0.15, 0.2) is 17.2 Å². The van der Waals surface area contributed by atoms with Crippen molar-refractivity contribution in [1.82, 2.24) is 20.0 Å². The number of methoxy groups -OCH3 is 2. The highest BCUT2D eigenvalue weighted by atomic mass is 35.5. The Morgan fingerprint density at radius 1 is 1.14 bits per heavy atom. The lowest BCUT2D eigenvalue weighted by atomic mass is 9.87. The molecule has 37 heavy (non-hydrogen) atoms. The molecule has 1 N–H and O–H groups in total. The Hall–Kier alpha value is -3.73. The summed E-state index contributed by atoms with van der Waals surface area (Å²) in [5.74, 6) is -0.467. The quantitative estimate of drug-likeness (QED) is 0.514. The second kappa shape index (κ2) is 10.3. The van der Waals surface area contributed by atoms with E-state index in [1.807, 2.05) is 6.07 Å². The fourth-order valence-electron chi connectivity index (χ4n) is 4.44. The number of nitrogens with one attached hydrogen (secondary N) is 1. The number of alkyl halides is 3. The first-order valence-electron chi connectivity index (χ1n) is 11.2. The van der Waals surface area contributed by atoms with Gasteiger partial charge in [-0.15, -0.1) is 0 Å². The van der Waals surface area contributed by atoms with Crippen LogP contribution in [0.25, 0.3) is 0 Å². The summed E-state index contributed by atoms with van der Waals surface area (Å²) in [5.41, 5.74) is 0.557. The SMILES string of the molecule is COc1cc2c(cc1OC)C(c1ccc(Cl)cc1)N(C(=O)CNC(=O)c1cn(C)nc1C(F)(F)F)CC2. The third-order valence-corrected chi connectivity index (χ3v) is 6.37. The van der Waals surface area contributed by atoms with Crippen LogP contribution in [-0.2, 0) is 24.4 Å². The second-order valence-electron chi connectivity index (χ2n) is 8.44. The van der Waals surface area contributed by atoms with E-state index in [-0.39, 0.29) is 0 Å². The largest absolute Gasteiger partial charge is 0.493 e. The number of halogens is 4. The molecule has 1 unspecified atom stereocenters. The molecule has 2 amide bonds. The maximum absolute atomic E-state index is 13.3. The van der Waals surface area contributed by atoms with Crippen molar-refractivity contribution in [2.45, 2.75) is 18.6 Å². The maximum Gasteiger partial charge on any atom is 0.435 e. The molecule has 0 spiro atoms. The van der Waals surface area contributed by atoms with E-state index in [9.17, 15) is 22.8 Å². The molecule has 1 atom stereocenters. The van der Waals surface area contributed by atoms with Gasteiger partial charge in [0.05, 0.1) is 32.4 Å². The molecule has 0 aliphatic carbocycles. The van der Waals surface area contributed by atoms with Gasteiger partial charge in [-0.3, -0.25) is 14.3 Å². The molecular weight excluding hydrogens is 513 g/mol. The van der Waals surface area contributed by atoms with Crippen molar-refractivity contribution < 1.29 is 32.2 Å². The number of nitrogens with zero attached hydrogens (tertiary/aromatic N) is 3. The highest BCUT2D eigenvalue weighted by molar-refractivity contribution is 6.30. The van der Waals surface area contributed by atoms with Crippen molar-refractivity contribution in [2.24, 2.45) is 7.05 Å². The van der Waals surface area contributed by atoms with Crippen molar-refractivity contribution >= 4 is 23.4 Å². The Labute approximate surface area is 215 Å². The average Bonchev–Trinajstić information content (AvgIpc) is 3.28. The van der Waals surface area contributed by atoms with Crippen LogP contribution >= 0.6 is 11.6 Å². The average molecular weight is 537 g/mol. The van der Waals surface area contributed by atoms with Gasteiger partial charge in [-0.1, -0.05) is 23.7 Å². The minimum Gasteiger partial charge on any atom is -0.493 e. The van der Waals surface area contributed by atoms with Crippen molar-refractivity contribution in [3.8, 4) is 11.5 Å². The predicted molar refractivity (Wildman–Crippen MR) is 129 cm³/mol. The third kappa shape index (κ3) is 5.36. The maximum atomic E-state index is 13.3. The summed E-state index contributed by atoms with van der Waals surface area (Å²) in [6, 6.07) is 10.1. The molecule has 12 heteroatoms. The number of hydrogen-bond acceptors (Lipinski definition) is 5. The summed E-state index contributed by atoms with van der Waals surface area (Å²) in [4.78, 5) is 27.5. The Morgan fingerprint density at radius 2 is 1.78 bits per heavy atom. The van der Waals surface area contributed by atoms with Crippen LogP contribution in [0.3, 0.4) is 0 Å². The van der Waals surface area contributed by atoms with Crippen molar-refractivity contribution in [3.05, 3.63) is 75.6 Å². The Kier molecular flexibility index (Phi) is 7.35. The van der Waals surface area contributed by atoms with Gasteiger partial charge >= 0.3 is 6.18 Å². The first kappa shape index (κ1) is 26.3. The molecule has 1 aliphatic rings. The van der Waals surface area contributed by atoms with Crippen LogP contribution < -0.4 is 14.8 Å². The van der Waals surface area contributed by atoms with Gasteiger partial charge in [-0.05, 0) is 47.4 Å². The molecule has 2 aromatic carbocycles. The summed E-state index contributed by atoms with van der Waals surface area (Å²) >= 11 is 6.07. The normalized spacial score (nSPS) is 15.2. The Bertz CT molecular complexity index is 1320. The molecule has 0 bridgehead atoms. The molecule has 0 saturated carbocycles. The lowest BCUT2D eigenvalue weighted by molar-refractivity contribution is -0.141. The number of ether oxygens (including phenoxy) is 2. The van der Waals surface area contributed by atoms with E-state index in [0.29, 0.717) is 29.5 Å². The number of aromatic nitrogens is 2. The predicted octanol–water partition coefficient (Wildman–Crippen LogP) is 4.01. The minimum absolute atomic E-state index is 0.311. The number of amides is 2. The number of fused-ring (bicyclic) bond motifs is 1. The van der Waals surface area contributed by atoms with E-state index < -0.39 is 41.8 Å². The number of aryl methyl sites for hydroxylation is 1. The lowest BCUT2D eigenvalue weighted by Crippen LogP contribution is -2.45. The van der Waals surface area contributed by atoms with Crippen LogP contribution in [-0.4, -0.2) is 53.8 Å². The van der Waals surface area contributed by atoms with E-state index in [0.717, 1.165) is 27.6 Å². The highest BCUT2D eigenvalue weighted by Crippen LogP contribution is 2.41. The lowest BCUT2D eigenvalue weighted by Gasteiger charge is -2.38. The van der Waals surface area contributed by atoms with Crippen LogP contribution in [0.5, 0.6) is 11.5 Å². The number of hydrogen-bond donors (Lipinski definition) is 1. The van der Waals surface area contributed by atoms with Gasteiger partial charge in [-0.25, -0.2) is 0 Å². The van der Waals surface area contributed by atoms with Crippen LogP contribution in [0, 0.1) is 0 Å². The second-order valence-corrected chi connectivity index (χ2v) is 8.88. The molecule has 4 rings (SSSR count). The van der Waals surface area contributed by atoms with Gasteiger partial charge in [0.1, 0.15) is 0 Å². The molecule has 1 aromatic heterocycles. The van der Waals surface area contributed by atoms with E-state index in [1.165, 1.54) is 21.3 Å². The van der Waals surface area contributed by atoms with Crippen LogP contribution in [0.15, 0.2) is 42.6 Å².